The van der Waals surface area contributed by atoms with E-state index in [1.54, 1.807) is 4.90 Å². The summed E-state index contributed by atoms with van der Waals surface area (Å²) in [4.78, 5) is 13.4. The lowest BCUT2D eigenvalue weighted by Gasteiger charge is -2.40. The number of likely N-dealkylation sites (tertiary alicyclic amines) is 1. The van der Waals surface area contributed by atoms with E-state index >= 15 is 0 Å². The normalized spacial score (nSPS) is 15.1. The highest BCUT2D eigenvalue weighted by Gasteiger charge is 2.33. The summed E-state index contributed by atoms with van der Waals surface area (Å²) in [7, 11) is 0. The van der Waals surface area contributed by atoms with Crippen molar-refractivity contribution in [3.8, 4) is 6.07 Å². The molecule has 1 saturated heterocycles. The van der Waals surface area contributed by atoms with E-state index in [4.69, 9.17) is 10.00 Å². The van der Waals surface area contributed by atoms with Crippen molar-refractivity contribution in [3.63, 3.8) is 0 Å². The zero-order valence-electron chi connectivity index (χ0n) is 12.3. The average Bonchev–Trinajstić information content (AvgIpc) is 2.32. The molecule has 1 aliphatic heterocycles. The summed E-state index contributed by atoms with van der Waals surface area (Å²) >= 11 is 0. The Balaban J connectivity index is 1.89. The topological polar surface area (TPSA) is 65.4 Å². The molecule has 6 heteroatoms. The lowest BCUT2D eigenvalue weighted by atomic mass is 10.1. The number of halogens is 1. The highest BCUT2D eigenvalue weighted by molar-refractivity contribution is 5.70. The van der Waals surface area contributed by atoms with Gasteiger partial charge in [0.05, 0.1) is 17.3 Å². The van der Waals surface area contributed by atoms with Crippen LogP contribution in [0.15, 0.2) is 18.2 Å². The maximum Gasteiger partial charge on any atom is 0.410 e. The fourth-order valence-corrected chi connectivity index (χ4v) is 2.00. The summed E-state index contributed by atoms with van der Waals surface area (Å²) in [6.07, 6.45) is -0.347. The van der Waals surface area contributed by atoms with Gasteiger partial charge in [-0.05, 0) is 39.0 Å². The first-order valence-electron chi connectivity index (χ1n) is 6.72. The Hall–Kier alpha value is -2.29. The number of benzene rings is 1. The van der Waals surface area contributed by atoms with Crippen molar-refractivity contribution in [2.45, 2.75) is 32.4 Å². The molecular formula is C15H18FN3O2. The van der Waals surface area contributed by atoms with Gasteiger partial charge in [-0.15, -0.1) is 0 Å². The van der Waals surface area contributed by atoms with E-state index < -0.39 is 11.4 Å². The Morgan fingerprint density at radius 3 is 2.71 bits per heavy atom. The van der Waals surface area contributed by atoms with Crippen LogP contribution in [-0.2, 0) is 4.74 Å². The third-order valence-corrected chi connectivity index (χ3v) is 2.99. The Morgan fingerprint density at radius 1 is 1.48 bits per heavy atom. The van der Waals surface area contributed by atoms with E-state index in [-0.39, 0.29) is 17.7 Å². The molecule has 1 fully saturated rings. The summed E-state index contributed by atoms with van der Waals surface area (Å²) < 4.78 is 18.3. The average molecular weight is 291 g/mol. The van der Waals surface area contributed by atoms with Gasteiger partial charge in [0, 0.05) is 13.1 Å². The van der Waals surface area contributed by atoms with Crippen molar-refractivity contribution in [2.75, 3.05) is 18.4 Å². The number of nitriles is 1. The number of nitrogens with one attached hydrogen (secondary N) is 1. The predicted octanol–water partition coefficient (Wildman–Crippen LogP) is 2.73. The first-order valence-corrected chi connectivity index (χ1v) is 6.72. The Kier molecular flexibility index (Phi) is 4.03. The minimum Gasteiger partial charge on any atom is -0.444 e. The van der Waals surface area contributed by atoms with Gasteiger partial charge >= 0.3 is 6.09 Å². The summed E-state index contributed by atoms with van der Waals surface area (Å²) in [5, 5.41) is 12.1. The standard InChI is InChI=1S/C15H18FN3O2/c1-15(2,3)21-14(20)19-8-12(9-19)18-13-5-4-11(16)6-10(13)7-17/h4-6,12,18H,8-9H2,1-3H3. The maximum absolute atomic E-state index is 13.0. The third-order valence-electron chi connectivity index (χ3n) is 2.99. The lowest BCUT2D eigenvalue weighted by molar-refractivity contribution is 0.0105. The van der Waals surface area contributed by atoms with Crippen LogP contribution in [0.3, 0.4) is 0 Å². The molecule has 0 aromatic heterocycles. The van der Waals surface area contributed by atoms with E-state index in [2.05, 4.69) is 5.32 Å². The van der Waals surface area contributed by atoms with Gasteiger partial charge in [0.2, 0.25) is 0 Å². The number of nitrogens with zero attached hydrogens (tertiary/aromatic N) is 2. The van der Waals surface area contributed by atoms with Crippen molar-refractivity contribution < 1.29 is 13.9 Å². The van der Waals surface area contributed by atoms with Crippen LogP contribution in [0.2, 0.25) is 0 Å². The molecule has 0 radical (unpaired) electrons. The van der Waals surface area contributed by atoms with Crippen molar-refractivity contribution in [1.82, 2.24) is 4.90 Å². The molecule has 0 saturated carbocycles. The van der Waals surface area contributed by atoms with Gasteiger partial charge < -0.3 is 15.0 Å². The van der Waals surface area contributed by atoms with Gasteiger partial charge in [-0.1, -0.05) is 0 Å². The number of carbonyl (C=O) groups excluding carboxylic acids is 1. The fraction of sp³-hybridized carbons (Fsp3) is 0.467. The number of ether oxygens (including phenoxy) is 1. The molecule has 1 aromatic carbocycles. The second-order valence-corrected chi connectivity index (χ2v) is 6.03. The number of rotatable bonds is 2. The highest BCUT2D eigenvalue weighted by Crippen LogP contribution is 2.21. The van der Waals surface area contributed by atoms with Crippen LogP contribution in [-0.4, -0.2) is 35.7 Å². The minimum absolute atomic E-state index is 0.0371. The Morgan fingerprint density at radius 2 is 2.14 bits per heavy atom. The number of anilines is 1. The van der Waals surface area contributed by atoms with Gasteiger partial charge in [0.25, 0.3) is 0 Å². The van der Waals surface area contributed by atoms with Crippen molar-refractivity contribution in [2.24, 2.45) is 0 Å². The SMILES string of the molecule is CC(C)(C)OC(=O)N1CC(Nc2ccc(F)cc2C#N)C1. The third kappa shape index (κ3) is 3.85. The molecule has 0 aliphatic carbocycles. The molecule has 1 N–H and O–H groups in total. The largest absolute Gasteiger partial charge is 0.444 e. The first-order chi connectivity index (χ1) is 9.78. The maximum atomic E-state index is 13.0. The van der Waals surface area contributed by atoms with E-state index in [1.807, 2.05) is 26.8 Å². The summed E-state index contributed by atoms with van der Waals surface area (Å²) in [5.74, 6) is -0.443. The summed E-state index contributed by atoms with van der Waals surface area (Å²) in [6, 6.07) is 6.00. The molecule has 1 heterocycles. The number of hydrogen-bond donors (Lipinski definition) is 1. The van der Waals surface area contributed by atoms with Crippen molar-refractivity contribution >= 4 is 11.8 Å². The van der Waals surface area contributed by atoms with E-state index in [0.717, 1.165) is 0 Å². The van der Waals surface area contributed by atoms with Gasteiger partial charge in [0.15, 0.2) is 0 Å². The quantitative estimate of drug-likeness (QED) is 0.910. The Bertz CT molecular complexity index is 584. The lowest BCUT2D eigenvalue weighted by Crippen LogP contribution is -2.58. The molecule has 5 nitrogen and oxygen atoms in total. The molecule has 2 rings (SSSR count). The van der Waals surface area contributed by atoms with Crippen molar-refractivity contribution in [1.29, 1.82) is 5.26 Å². The number of hydrogen-bond acceptors (Lipinski definition) is 4. The molecule has 1 amide bonds. The minimum atomic E-state index is -0.513. The Labute approximate surface area is 123 Å². The zero-order valence-corrected chi connectivity index (χ0v) is 12.3. The van der Waals surface area contributed by atoms with Crippen LogP contribution in [0.4, 0.5) is 14.9 Å². The molecule has 1 aliphatic rings. The van der Waals surface area contributed by atoms with E-state index in [0.29, 0.717) is 18.8 Å². The number of carbonyl (C=O) groups is 1. The molecule has 21 heavy (non-hydrogen) atoms. The van der Waals surface area contributed by atoms with E-state index in [1.165, 1.54) is 18.2 Å². The summed E-state index contributed by atoms with van der Waals surface area (Å²) in [5.41, 5.74) is 0.319. The predicted molar refractivity (Wildman–Crippen MR) is 76.3 cm³/mol. The molecule has 0 atom stereocenters. The molecule has 1 aromatic rings. The van der Waals surface area contributed by atoms with Crippen LogP contribution in [0.25, 0.3) is 0 Å². The molecule has 0 spiro atoms. The van der Waals surface area contributed by atoms with Crippen LogP contribution in [0.5, 0.6) is 0 Å². The second-order valence-electron chi connectivity index (χ2n) is 6.03. The first kappa shape index (κ1) is 15.1. The van der Waals surface area contributed by atoms with Gasteiger partial charge in [0.1, 0.15) is 17.5 Å². The van der Waals surface area contributed by atoms with Crippen LogP contribution in [0.1, 0.15) is 26.3 Å². The van der Waals surface area contributed by atoms with Gasteiger partial charge in [-0.3, -0.25) is 0 Å². The monoisotopic (exact) mass is 291 g/mol. The van der Waals surface area contributed by atoms with Gasteiger partial charge in [-0.25, -0.2) is 9.18 Å². The molecule has 112 valence electrons. The highest BCUT2D eigenvalue weighted by atomic mass is 19.1. The fourth-order valence-electron chi connectivity index (χ4n) is 2.00. The molecule has 0 unspecified atom stereocenters. The second kappa shape index (κ2) is 5.60. The zero-order chi connectivity index (χ0) is 15.6. The smallest absolute Gasteiger partial charge is 0.410 e. The molecule has 0 bridgehead atoms. The van der Waals surface area contributed by atoms with Gasteiger partial charge in [-0.2, -0.15) is 5.26 Å². The van der Waals surface area contributed by atoms with Crippen LogP contribution < -0.4 is 5.32 Å². The van der Waals surface area contributed by atoms with E-state index in [9.17, 15) is 9.18 Å². The number of amides is 1. The summed E-state index contributed by atoms with van der Waals surface area (Å²) in [6.45, 7) is 6.45. The molecular weight excluding hydrogens is 273 g/mol. The van der Waals surface area contributed by atoms with Crippen LogP contribution in [0, 0.1) is 17.1 Å². The van der Waals surface area contributed by atoms with Crippen molar-refractivity contribution in [3.05, 3.63) is 29.6 Å². The van der Waals surface area contributed by atoms with Crippen LogP contribution >= 0.6 is 0 Å².